The molecule has 0 saturated carbocycles. The van der Waals surface area contributed by atoms with Crippen molar-refractivity contribution in [1.82, 2.24) is 4.90 Å². The molecular weight excluding hydrogens is 449 g/mol. The number of carbonyl (C=O) groups is 2. The largest absolute Gasteiger partial charge is 0.573 e. The molecule has 1 aliphatic rings. The summed E-state index contributed by atoms with van der Waals surface area (Å²) in [5, 5.41) is 2.90. The average Bonchev–Trinajstić information content (AvgIpc) is 3.04. The first-order valence-electron chi connectivity index (χ1n) is 10.2. The first-order chi connectivity index (χ1) is 16.3. The number of nitrogens with zero attached hydrogens (tertiary/aromatic N) is 1. The zero-order valence-electron chi connectivity index (χ0n) is 17.9. The Morgan fingerprint density at radius 2 is 1.50 bits per heavy atom. The number of benzene rings is 3. The van der Waals surface area contributed by atoms with Gasteiger partial charge in [0.25, 0.3) is 11.8 Å². The van der Waals surface area contributed by atoms with Gasteiger partial charge in [-0.2, -0.15) is 0 Å². The van der Waals surface area contributed by atoms with Gasteiger partial charge in [0.15, 0.2) is 0 Å². The summed E-state index contributed by atoms with van der Waals surface area (Å²) in [7, 11) is 1.45. The van der Waals surface area contributed by atoms with Gasteiger partial charge in [0.2, 0.25) is 0 Å². The van der Waals surface area contributed by atoms with E-state index in [0.29, 0.717) is 17.0 Å². The van der Waals surface area contributed by atoms with Crippen molar-refractivity contribution in [2.45, 2.75) is 12.9 Å². The second-order valence-corrected chi connectivity index (χ2v) is 7.33. The Labute approximate surface area is 193 Å². The van der Waals surface area contributed by atoms with Gasteiger partial charge in [0.1, 0.15) is 17.2 Å². The van der Waals surface area contributed by atoms with Gasteiger partial charge in [-0.1, -0.05) is 48.5 Å². The number of imide groups is 1. The van der Waals surface area contributed by atoms with E-state index in [1.165, 1.54) is 19.2 Å². The third-order valence-corrected chi connectivity index (χ3v) is 5.09. The fraction of sp³-hybridized carbons (Fsp3) is 0.120. The summed E-state index contributed by atoms with van der Waals surface area (Å²) >= 11 is 0. The Balaban J connectivity index is 1.71. The maximum Gasteiger partial charge on any atom is 0.573 e. The van der Waals surface area contributed by atoms with E-state index < -0.39 is 23.9 Å². The highest BCUT2D eigenvalue weighted by atomic mass is 19.4. The van der Waals surface area contributed by atoms with Gasteiger partial charge in [0.05, 0.1) is 19.2 Å². The molecule has 2 amide bonds. The number of carbonyl (C=O) groups excluding carboxylic acids is 2. The molecule has 0 aliphatic carbocycles. The van der Waals surface area contributed by atoms with Gasteiger partial charge in [-0.15, -0.1) is 13.2 Å². The third kappa shape index (κ3) is 4.88. The lowest BCUT2D eigenvalue weighted by Crippen LogP contribution is -2.32. The highest BCUT2D eigenvalue weighted by molar-refractivity contribution is 6.36. The molecule has 0 bridgehead atoms. The van der Waals surface area contributed by atoms with Crippen LogP contribution in [0.2, 0.25) is 0 Å². The quantitative estimate of drug-likeness (QED) is 0.495. The van der Waals surface area contributed by atoms with E-state index in [4.69, 9.17) is 4.74 Å². The van der Waals surface area contributed by atoms with E-state index in [1.807, 2.05) is 6.07 Å². The molecule has 3 aromatic rings. The average molecular weight is 468 g/mol. The smallest absolute Gasteiger partial charge is 0.496 e. The summed E-state index contributed by atoms with van der Waals surface area (Å²) in [6, 6.07) is 20.7. The lowest BCUT2D eigenvalue weighted by molar-refractivity contribution is -0.274. The molecule has 0 saturated heterocycles. The van der Waals surface area contributed by atoms with Crippen molar-refractivity contribution in [2.75, 3.05) is 12.4 Å². The van der Waals surface area contributed by atoms with Crippen molar-refractivity contribution in [2.24, 2.45) is 0 Å². The molecule has 6 nitrogen and oxygen atoms in total. The lowest BCUT2D eigenvalue weighted by Gasteiger charge is -2.15. The predicted octanol–water partition coefficient (Wildman–Crippen LogP) is 4.99. The van der Waals surface area contributed by atoms with Crippen LogP contribution in [0.4, 0.5) is 18.9 Å². The first kappa shape index (κ1) is 22.9. The minimum atomic E-state index is -4.82. The molecule has 1 aliphatic heterocycles. The van der Waals surface area contributed by atoms with Crippen LogP contribution >= 0.6 is 0 Å². The van der Waals surface area contributed by atoms with Crippen LogP contribution in [0.5, 0.6) is 11.5 Å². The number of hydrogen-bond donors (Lipinski definition) is 1. The Morgan fingerprint density at radius 3 is 2.15 bits per heavy atom. The molecule has 1 N–H and O–H groups in total. The van der Waals surface area contributed by atoms with Crippen LogP contribution in [-0.4, -0.2) is 30.2 Å². The molecule has 0 atom stereocenters. The number of alkyl halides is 3. The van der Waals surface area contributed by atoms with Crippen LogP contribution in [0.25, 0.3) is 5.57 Å². The summed E-state index contributed by atoms with van der Waals surface area (Å²) in [6.07, 6.45) is -4.82. The van der Waals surface area contributed by atoms with Crippen molar-refractivity contribution < 1.29 is 32.2 Å². The third-order valence-electron chi connectivity index (χ3n) is 5.09. The van der Waals surface area contributed by atoms with E-state index in [2.05, 4.69) is 10.1 Å². The first-order valence-corrected chi connectivity index (χ1v) is 10.2. The number of para-hydroxylation sites is 1. The minimum Gasteiger partial charge on any atom is -0.496 e. The SMILES string of the molecule is COc1ccccc1C1=C(Nc2ccc(OC(F)(F)F)cc2)C(=O)N(Cc2ccccc2)C1=O. The number of rotatable bonds is 7. The molecule has 0 fully saturated rings. The second-order valence-electron chi connectivity index (χ2n) is 7.33. The number of ether oxygens (including phenoxy) is 2. The van der Waals surface area contributed by atoms with E-state index in [9.17, 15) is 22.8 Å². The molecule has 0 spiro atoms. The summed E-state index contributed by atoms with van der Waals surface area (Å²) in [5.74, 6) is -1.09. The van der Waals surface area contributed by atoms with Crippen molar-refractivity contribution in [3.05, 3.63) is 95.7 Å². The normalized spacial score (nSPS) is 13.9. The molecule has 3 aromatic carbocycles. The molecule has 1 heterocycles. The maximum atomic E-state index is 13.4. The summed E-state index contributed by atoms with van der Waals surface area (Å²) in [5.41, 5.74) is 1.58. The standard InChI is InChI=1S/C25H19F3N2O4/c1-33-20-10-6-5-9-19(20)21-22(29-17-11-13-18(14-12-17)34-25(26,27)28)24(32)30(23(21)31)15-16-7-3-2-4-8-16/h2-14,29H,15H2,1H3. The van der Waals surface area contributed by atoms with Gasteiger partial charge < -0.3 is 14.8 Å². The van der Waals surface area contributed by atoms with Gasteiger partial charge in [-0.25, -0.2) is 0 Å². The fourth-order valence-corrected chi connectivity index (χ4v) is 3.59. The maximum absolute atomic E-state index is 13.4. The van der Waals surface area contributed by atoms with Crippen molar-refractivity contribution in [3.63, 3.8) is 0 Å². The van der Waals surface area contributed by atoms with Gasteiger partial charge in [-0.3, -0.25) is 14.5 Å². The molecule has 9 heteroatoms. The molecule has 0 unspecified atom stereocenters. The van der Waals surface area contributed by atoms with Crippen LogP contribution in [-0.2, 0) is 16.1 Å². The minimum absolute atomic E-state index is 0.00470. The Hall–Kier alpha value is -4.27. The lowest BCUT2D eigenvalue weighted by atomic mass is 10.0. The monoisotopic (exact) mass is 468 g/mol. The van der Waals surface area contributed by atoms with Crippen molar-refractivity contribution >= 4 is 23.1 Å². The molecule has 0 radical (unpaired) electrons. The molecule has 4 rings (SSSR count). The van der Waals surface area contributed by atoms with Gasteiger partial charge in [0, 0.05) is 11.3 Å². The fourth-order valence-electron chi connectivity index (χ4n) is 3.59. The summed E-state index contributed by atoms with van der Waals surface area (Å²) in [4.78, 5) is 27.9. The van der Waals surface area contributed by atoms with E-state index >= 15 is 0 Å². The van der Waals surface area contributed by atoms with E-state index in [0.717, 1.165) is 22.6 Å². The topological polar surface area (TPSA) is 67.9 Å². The number of amides is 2. The van der Waals surface area contributed by atoms with E-state index in [-0.39, 0.29) is 17.8 Å². The number of nitrogens with one attached hydrogen (secondary N) is 1. The summed E-state index contributed by atoms with van der Waals surface area (Å²) < 4.78 is 46.6. The number of halogens is 3. The van der Waals surface area contributed by atoms with Crippen LogP contribution in [0.15, 0.2) is 84.6 Å². The van der Waals surface area contributed by atoms with Crippen molar-refractivity contribution in [3.8, 4) is 11.5 Å². The molecule has 0 aromatic heterocycles. The van der Waals surface area contributed by atoms with Gasteiger partial charge in [-0.05, 0) is 35.9 Å². The molecule has 174 valence electrons. The number of methoxy groups -OCH3 is 1. The second kappa shape index (κ2) is 9.30. The zero-order chi connectivity index (χ0) is 24.3. The Bertz CT molecular complexity index is 1240. The van der Waals surface area contributed by atoms with Crippen LogP contribution < -0.4 is 14.8 Å². The van der Waals surface area contributed by atoms with Crippen LogP contribution in [0, 0.1) is 0 Å². The van der Waals surface area contributed by atoms with Crippen LogP contribution in [0.3, 0.4) is 0 Å². The van der Waals surface area contributed by atoms with Crippen LogP contribution in [0.1, 0.15) is 11.1 Å². The number of anilines is 1. The summed E-state index contributed by atoms with van der Waals surface area (Å²) in [6.45, 7) is 0.0562. The van der Waals surface area contributed by atoms with E-state index in [1.54, 1.807) is 48.5 Å². The van der Waals surface area contributed by atoms with Crippen molar-refractivity contribution in [1.29, 1.82) is 0 Å². The Kier molecular flexibility index (Phi) is 6.27. The van der Waals surface area contributed by atoms with Gasteiger partial charge >= 0.3 is 6.36 Å². The predicted molar refractivity (Wildman–Crippen MR) is 119 cm³/mol. The molecule has 34 heavy (non-hydrogen) atoms. The zero-order valence-corrected chi connectivity index (χ0v) is 17.9. The molecular formula is C25H19F3N2O4. The Morgan fingerprint density at radius 1 is 0.853 bits per heavy atom. The highest BCUT2D eigenvalue weighted by Gasteiger charge is 2.40. The number of hydrogen-bond acceptors (Lipinski definition) is 5. The highest BCUT2D eigenvalue weighted by Crippen LogP contribution is 2.36.